The van der Waals surface area contributed by atoms with Crippen molar-refractivity contribution in [2.24, 2.45) is 23.2 Å². The summed E-state index contributed by atoms with van der Waals surface area (Å²) in [6.07, 6.45) is 6.54. The molecule has 0 fully saturated rings. The average molecular weight is 315 g/mol. The predicted octanol–water partition coefficient (Wildman–Crippen LogP) is 1.21. The number of nitrogens with two attached hydrogens (primary N) is 4. The van der Waals surface area contributed by atoms with Crippen LogP contribution in [0.15, 0.2) is 0 Å². The molecular weight excluding hydrogens is 284 g/mol. The molecule has 22 heavy (non-hydrogen) atoms. The molecule has 0 heterocycles. The lowest BCUT2D eigenvalue weighted by molar-refractivity contribution is 0.136. The lowest BCUT2D eigenvalue weighted by atomic mass is 9.97. The van der Waals surface area contributed by atoms with Gasteiger partial charge in [-0.2, -0.15) is 0 Å². The maximum atomic E-state index is 11.3. The third-order valence-corrected chi connectivity index (χ3v) is 3.77. The van der Waals surface area contributed by atoms with Gasteiger partial charge < -0.3 is 11.5 Å². The average Bonchev–Trinajstić information content (AvgIpc) is 2.47. The smallest absolute Gasteiger partial charge is 0.329 e. The Hall–Kier alpha value is -1.54. The molecule has 0 spiro atoms. The molecule has 8 N–H and O–H groups in total. The van der Waals surface area contributed by atoms with Gasteiger partial charge in [-0.05, 0) is 19.3 Å². The third kappa shape index (κ3) is 7.46. The second kappa shape index (κ2) is 11.1. The van der Waals surface area contributed by atoms with Crippen molar-refractivity contribution >= 4 is 12.1 Å². The van der Waals surface area contributed by atoms with Crippen LogP contribution in [0.2, 0.25) is 0 Å². The minimum atomic E-state index is -0.717. The monoisotopic (exact) mass is 315 g/mol. The number of hydrazine groups is 2. The van der Waals surface area contributed by atoms with Crippen molar-refractivity contribution in [3.63, 3.8) is 0 Å². The Balaban J connectivity index is 4.81. The molecule has 0 rings (SSSR count). The fourth-order valence-corrected chi connectivity index (χ4v) is 2.46. The van der Waals surface area contributed by atoms with Crippen molar-refractivity contribution in [2.75, 3.05) is 0 Å². The molecule has 0 bridgehead atoms. The third-order valence-electron chi connectivity index (χ3n) is 3.77. The first kappa shape index (κ1) is 20.5. The summed E-state index contributed by atoms with van der Waals surface area (Å²) >= 11 is 0. The van der Waals surface area contributed by atoms with Crippen LogP contribution in [-0.4, -0.2) is 34.2 Å². The Morgan fingerprint density at radius 1 is 0.955 bits per heavy atom. The minimum absolute atomic E-state index is 0.281. The van der Waals surface area contributed by atoms with Crippen LogP contribution in [0.4, 0.5) is 9.59 Å². The molecule has 0 aliphatic rings. The lowest BCUT2D eigenvalue weighted by Gasteiger charge is -2.33. The van der Waals surface area contributed by atoms with Crippen LogP contribution in [0.3, 0.4) is 0 Å². The maximum Gasteiger partial charge on any atom is 0.329 e. The normalized spacial score (nSPS) is 13.5. The molecule has 4 amide bonds. The van der Waals surface area contributed by atoms with Gasteiger partial charge in [-0.25, -0.2) is 21.3 Å². The zero-order valence-electron chi connectivity index (χ0n) is 13.5. The van der Waals surface area contributed by atoms with E-state index in [2.05, 4.69) is 13.8 Å². The number of primary amides is 2. The summed E-state index contributed by atoms with van der Waals surface area (Å²) in [5.74, 6) is 11.5. The fraction of sp³-hybridized carbons (Fsp3) is 0.786. The van der Waals surface area contributed by atoms with Crippen molar-refractivity contribution < 1.29 is 9.59 Å². The van der Waals surface area contributed by atoms with Gasteiger partial charge in [0.1, 0.15) is 0 Å². The zero-order chi connectivity index (χ0) is 17.1. The van der Waals surface area contributed by atoms with E-state index >= 15 is 0 Å². The second-order valence-electron chi connectivity index (χ2n) is 5.53. The summed E-state index contributed by atoms with van der Waals surface area (Å²) in [4.78, 5) is 22.6. The molecule has 1 radical (unpaired) electrons. The van der Waals surface area contributed by atoms with E-state index in [0.29, 0.717) is 25.7 Å². The molecule has 129 valence electrons. The molecule has 0 aromatic heterocycles. The highest BCUT2D eigenvalue weighted by Crippen LogP contribution is 2.18. The highest BCUT2D eigenvalue weighted by molar-refractivity contribution is 5.72. The number of carbonyl (C=O) groups excluding carboxylic acids is 2. The topological polar surface area (TPSA) is 145 Å². The molecule has 2 unspecified atom stereocenters. The number of hydrogen-bond acceptors (Lipinski definition) is 4. The highest BCUT2D eigenvalue weighted by Gasteiger charge is 2.26. The first-order valence-corrected chi connectivity index (χ1v) is 7.81. The summed E-state index contributed by atoms with van der Waals surface area (Å²) in [7, 11) is 0. The van der Waals surface area contributed by atoms with Gasteiger partial charge in [0.15, 0.2) is 0 Å². The Morgan fingerprint density at radius 3 is 1.86 bits per heavy atom. The summed E-state index contributed by atoms with van der Waals surface area (Å²) in [5.41, 5.74) is 10.5. The number of amides is 4. The first-order chi connectivity index (χ1) is 10.3. The van der Waals surface area contributed by atoms with Crippen molar-refractivity contribution in [2.45, 2.75) is 70.4 Å². The second-order valence-corrected chi connectivity index (χ2v) is 5.53. The van der Waals surface area contributed by atoms with Gasteiger partial charge in [0, 0.05) is 0 Å². The molecule has 0 aliphatic carbocycles. The van der Waals surface area contributed by atoms with Gasteiger partial charge in [-0.3, -0.25) is 10.0 Å². The number of nitrogens with zero attached hydrogens (tertiary/aromatic N) is 2. The molecular formula is C14H31N6O2. The number of urea groups is 2. The van der Waals surface area contributed by atoms with E-state index in [1.165, 1.54) is 0 Å². The van der Waals surface area contributed by atoms with Crippen LogP contribution >= 0.6 is 0 Å². The van der Waals surface area contributed by atoms with Crippen LogP contribution < -0.4 is 23.2 Å². The Kier molecular flexibility index (Phi) is 10.3. The van der Waals surface area contributed by atoms with Crippen LogP contribution in [-0.2, 0) is 0 Å². The standard InChI is InChI=1S/C14H31N6O2/c1-3-5-6-7-9-12(20(18)14(16)22)10-11(8-4-2)19(17)13(15)21/h11-12H,2-10,17-18H2,1H3,(H2,15,21)(H2,16,22). The summed E-state index contributed by atoms with van der Waals surface area (Å²) in [6.45, 7) is 5.89. The first-order valence-electron chi connectivity index (χ1n) is 7.81. The summed E-state index contributed by atoms with van der Waals surface area (Å²) < 4.78 is 0. The molecule has 0 aliphatic heterocycles. The van der Waals surface area contributed by atoms with Crippen molar-refractivity contribution in [3.8, 4) is 0 Å². The van der Waals surface area contributed by atoms with Crippen LogP contribution in [0.1, 0.15) is 58.3 Å². The van der Waals surface area contributed by atoms with Crippen LogP contribution in [0.5, 0.6) is 0 Å². The predicted molar refractivity (Wildman–Crippen MR) is 86.8 cm³/mol. The Labute approximate surface area is 133 Å². The number of rotatable bonds is 11. The molecule has 0 saturated heterocycles. The van der Waals surface area contributed by atoms with E-state index in [1.807, 2.05) is 0 Å². The number of unbranched alkanes of at least 4 members (excludes halogenated alkanes) is 3. The molecule has 8 heteroatoms. The van der Waals surface area contributed by atoms with Crippen LogP contribution in [0, 0.1) is 6.92 Å². The Morgan fingerprint density at radius 2 is 1.45 bits per heavy atom. The van der Waals surface area contributed by atoms with Gasteiger partial charge >= 0.3 is 12.1 Å². The van der Waals surface area contributed by atoms with Gasteiger partial charge in [-0.1, -0.05) is 46.0 Å². The summed E-state index contributed by atoms with van der Waals surface area (Å²) in [5, 5.41) is 2.01. The van der Waals surface area contributed by atoms with E-state index < -0.39 is 12.1 Å². The van der Waals surface area contributed by atoms with Gasteiger partial charge in [0.2, 0.25) is 0 Å². The molecule has 8 nitrogen and oxygen atoms in total. The van der Waals surface area contributed by atoms with E-state index in [4.69, 9.17) is 23.2 Å². The van der Waals surface area contributed by atoms with Crippen molar-refractivity contribution in [3.05, 3.63) is 6.92 Å². The van der Waals surface area contributed by atoms with E-state index in [1.54, 1.807) is 0 Å². The van der Waals surface area contributed by atoms with E-state index in [-0.39, 0.29) is 12.1 Å². The van der Waals surface area contributed by atoms with E-state index in [9.17, 15) is 9.59 Å². The molecule has 0 saturated carbocycles. The van der Waals surface area contributed by atoms with Crippen molar-refractivity contribution in [1.29, 1.82) is 0 Å². The van der Waals surface area contributed by atoms with Crippen LogP contribution in [0.25, 0.3) is 0 Å². The number of carbonyl (C=O) groups is 2. The Bertz CT molecular complexity index is 339. The van der Waals surface area contributed by atoms with E-state index in [0.717, 1.165) is 35.7 Å². The molecule has 2 atom stereocenters. The molecule has 0 aromatic rings. The van der Waals surface area contributed by atoms with Gasteiger partial charge in [0.25, 0.3) is 0 Å². The summed E-state index contributed by atoms with van der Waals surface area (Å²) in [6, 6.07) is -2.02. The SMILES string of the molecule is [CH2]CCC(CC(CCCCCC)N(N)C(N)=O)N(N)C(N)=O. The minimum Gasteiger partial charge on any atom is -0.350 e. The quantitative estimate of drug-likeness (QED) is 0.196. The van der Waals surface area contributed by atoms with Crippen molar-refractivity contribution in [1.82, 2.24) is 10.0 Å². The highest BCUT2D eigenvalue weighted by atomic mass is 16.2. The van der Waals surface area contributed by atoms with Gasteiger partial charge in [-0.15, -0.1) is 0 Å². The molecule has 0 aromatic carbocycles. The number of hydrogen-bond donors (Lipinski definition) is 4. The largest absolute Gasteiger partial charge is 0.350 e. The fourth-order valence-electron chi connectivity index (χ4n) is 2.46. The maximum absolute atomic E-state index is 11.3. The van der Waals surface area contributed by atoms with Gasteiger partial charge in [0.05, 0.1) is 12.1 Å². The lowest BCUT2D eigenvalue weighted by Crippen LogP contribution is -2.54. The zero-order valence-corrected chi connectivity index (χ0v) is 13.5.